The van der Waals surface area contributed by atoms with Crippen LogP contribution in [0.3, 0.4) is 0 Å². The maximum atomic E-state index is 7.88. The fourth-order valence-corrected chi connectivity index (χ4v) is 5.14. The van der Waals surface area contributed by atoms with E-state index in [1.165, 1.54) is 27.8 Å². The van der Waals surface area contributed by atoms with Gasteiger partial charge in [0.25, 0.3) is 0 Å². The second kappa shape index (κ2) is 13.1. The molecule has 5 rings (SSSR count). The van der Waals surface area contributed by atoms with Crippen LogP contribution in [0.2, 0.25) is 0 Å². The molecule has 2 aliphatic rings. The smallest absolute Gasteiger partial charge is 0.0687 e. The predicted octanol–water partition coefficient (Wildman–Crippen LogP) is 8.77. The third kappa shape index (κ3) is 6.09. The topological polar surface area (TPSA) is 77.6 Å². The van der Waals surface area contributed by atoms with Gasteiger partial charge in [-0.2, -0.15) is 0 Å². The Kier molecular flexibility index (Phi) is 10.1. The Morgan fingerprint density at radius 1 is 0.923 bits per heavy atom. The van der Waals surface area contributed by atoms with Gasteiger partial charge in [-0.1, -0.05) is 47.3 Å². The summed E-state index contributed by atoms with van der Waals surface area (Å²) >= 11 is 0. The molecule has 5 heterocycles. The zero-order chi connectivity index (χ0) is 28.9. The average molecular weight is 527 g/mol. The molecule has 0 aliphatic carbocycles. The highest BCUT2D eigenvalue weighted by molar-refractivity contribution is 5.86. The molecule has 3 aromatic rings. The van der Waals surface area contributed by atoms with Crippen molar-refractivity contribution in [2.75, 3.05) is 6.61 Å². The highest BCUT2D eigenvalue weighted by atomic mass is 16.2. The number of hydrogen-bond donors (Lipinski definition) is 3. The molecule has 0 amide bonds. The summed E-state index contributed by atoms with van der Waals surface area (Å²) in [6.07, 6.45) is 6.92. The Bertz CT molecular complexity index is 1530. The number of rotatable bonds is 3. The van der Waals surface area contributed by atoms with Crippen LogP contribution in [-0.2, 0) is 12.8 Å². The monoisotopic (exact) mass is 526 g/mol. The molecule has 8 bridgehead atoms. The van der Waals surface area contributed by atoms with Crippen molar-refractivity contribution in [1.29, 1.82) is 0 Å². The molecule has 2 aliphatic heterocycles. The van der Waals surface area contributed by atoms with Crippen LogP contribution in [-0.4, -0.2) is 31.6 Å². The number of nitrogens with zero attached hydrogens (tertiary/aromatic N) is 2. The molecule has 0 saturated heterocycles. The lowest BCUT2D eigenvalue weighted by molar-refractivity contribution is 0.295. The zero-order valence-electron chi connectivity index (χ0n) is 25.3. The van der Waals surface area contributed by atoms with Gasteiger partial charge in [0.2, 0.25) is 0 Å². The van der Waals surface area contributed by atoms with Gasteiger partial charge in [-0.15, -0.1) is 0 Å². The number of aliphatic hydroxyl groups excluding tert-OH is 1. The van der Waals surface area contributed by atoms with Crippen LogP contribution in [0.25, 0.3) is 39.8 Å². The number of aliphatic hydroxyl groups is 1. The summed E-state index contributed by atoms with van der Waals surface area (Å²) in [5, 5.41) is 7.88. The first-order chi connectivity index (χ1) is 18.7. The van der Waals surface area contributed by atoms with Crippen LogP contribution in [0.15, 0.2) is 24.8 Å². The lowest BCUT2D eigenvalue weighted by atomic mass is 10.0. The Morgan fingerprint density at radius 3 is 2.18 bits per heavy atom. The number of nitrogens with one attached hydrogen (secondary N) is 2. The number of hydrogen-bond acceptors (Lipinski definition) is 3. The highest BCUT2D eigenvalue weighted by Gasteiger charge is 2.20. The Labute approximate surface area is 234 Å². The minimum absolute atomic E-state index is 0.319. The molecular formula is C34H46N4O. The van der Waals surface area contributed by atoms with E-state index in [1.54, 1.807) is 0 Å². The van der Waals surface area contributed by atoms with Gasteiger partial charge in [-0.25, -0.2) is 4.98 Å². The maximum absolute atomic E-state index is 7.88. The van der Waals surface area contributed by atoms with Gasteiger partial charge in [-0.3, -0.25) is 4.98 Å². The third-order valence-corrected chi connectivity index (χ3v) is 7.55. The number of H-pyrrole nitrogens is 2. The summed E-state index contributed by atoms with van der Waals surface area (Å²) in [7, 11) is 0. The quantitative estimate of drug-likeness (QED) is 0.319. The van der Waals surface area contributed by atoms with E-state index < -0.39 is 0 Å². The molecule has 3 aromatic heterocycles. The minimum Gasteiger partial charge on any atom is -0.396 e. The second-order valence-corrected chi connectivity index (χ2v) is 10.2. The summed E-state index contributed by atoms with van der Waals surface area (Å²) in [5.41, 5.74) is 16.0. The van der Waals surface area contributed by atoms with E-state index in [2.05, 4.69) is 82.4 Å². The van der Waals surface area contributed by atoms with Gasteiger partial charge in [-0.05, 0) is 99.1 Å². The average Bonchev–Trinajstić information content (AvgIpc) is 3.65. The van der Waals surface area contributed by atoms with Gasteiger partial charge in [0.15, 0.2) is 0 Å². The number of allylic oxidation sites excluding steroid dienone is 1. The molecule has 1 atom stereocenters. The summed E-state index contributed by atoms with van der Waals surface area (Å²) in [6, 6.07) is 6.63. The van der Waals surface area contributed by atoms with Crippen molar-refractivity contribution in [2.24, 2.45) is 0 Å². The fourth-order valence-electron chi connectivity index (χ4n) is 5.14. The normalized spacial score (nSPS) is 14.1. The van der Waals surface area contributed by atoms with Crippen LogP contribution in [0.5, 0.6) is 0 Å². The lowest BCUT2D eigenvalue weighted by Gasteiger charge is -2.00. The van der Waals surface area contributed by atoms with Gasteiger partial charge in [0.05, 0.1) is 11.4 Å². The second-order valence-electron chi connectivity index (χ2n) is 10.2. The minimum atomic E-state index is 0.319. The number of aromatic amines is 2. The van der Waals surface area contributed by atoms with Crippen LogP contribution in [0.4, 0.5) is 0 Å². The van der Waals surface area contributed by atoms with Crippen LogP contribution in [0.1, 0.15) is 104 Å². The lowest BCUT2D eigenvalue weighted by Crippen LogP contribution is -1.91. The van der Waals surface area contributed by atoms with Crippen LogP contribution >= 0.6 is 0 Å². The van der Waals surface area contributed by atoms with Crippen molar-refractivity contribution < 1.29 is 5.11 Å². The zero-order valence-corrected chi connectivity index (χ0v) is 25.3. The standard InChI is InChI=1S/C29H32N4.C3H8O.C2H6/c1-8-20-18(6)27-14-29-21(9-2)17(5)26(32-29)12-22-15(3)10-24(30-22)19(7)25-11-16(4)23(31-25)13-28(20)33-27;1-2-3-4;1-2/h9,11-15,32-33H,2,8,10H2,1,3-7H3;4H,2-3H2,1H3;1-2H3. The maximum Gasteiger partial charge on any atom is 0.0687 e. The van der Waals surface area contributed by atoms with Gasteiger partial charge in [0.1, 0.15) is 0 Å². The molecule has 1 unspecified atom stereocenters. The van der Waals surface area contributed by atoms with Gasteiger partial charge < -0.3 is 15.1 Å². The molecule has 39 heavy (non-hydrogen) atoms. The van der Waals surface area contributed by atoms with E-state index in [4.69, 9.17) is 15.1 Å². The SMILES string of the molecule is C=Cc1c(C)c2cc3nc(c(C)c4nc(cc5[nH]c(cc1[nH]2)c(C)c5CC)C(C)=C4)CC3C.CC.CCCO. The number of aryl methyl sites for hydroxylation is 3. The summed E-state index contributed by atoms with van der Waals surface area (Å²) < 4.78 is 0. The largest absolute Gasteiger partial charge is 0.396 e. The summed E-state index contributed by atoms with van der Waals surface area (Å²) in [6.45, 7) is 23.5. The first-order valence-electron chi connectivity index (χ1n) is 14.4. The van der Waals surface area contributed by atoms with Crippen molar-refractivity contribution in [1.82, 2.24) is 19.9 Å². The number of aromatic nitrogens is 4. The first-order valence-corrected chi connectivity index (χ1v) is 14.4. The Balaban J connectivity index is 0.000000644. The van der Waals surface area contributed by atoms with Crippen molar-refractivity contribution >= 4 is 39.8 Å². The molecule has 5 heteroatoms. The predicted molar refractivity (Wildman–Crippen MR) is 169 cm³/mol. The van der Waals surface area contributed by atoms with E-state index in [1.807, 2.05) is 26.8 Å². The molecule has 3 N–H and O–H groups in total. The van der Waals surface area contributed by atoms with Gasteiger partial charge in [0, 0.05) is 51.5 Å². The Morgan fingerprint density at radius 2 is 1.56 bits per heavy atom. The third-order valence-electron chi connectivity index (χ3n) is 7.55. The summed E-state index contributed by atoms with van der Waals surface area (Å²) in [4.78, 5) is 17.4. The summed E-state index contributed by atoms with van der Waals surface area (Å²) in [5.74, 6) is 0.370. The molecule has 0 aromatic carbocycles. The molecule has 0 spiro atoms. The fraction of sp³-hybridized carbons (Fsp3) is 0.412. The van der Waals surface area contributed by atoms with Crippen molar-refractivity contribution in [3.05, 3.63) is 75.4 Å². The van der Waals surface area contributed by atoms with Crippen LogP contribution in [0, 0.1) is 20.8 Å². The first kappa shape index (κ1) is 30.1. The Hall–Kier alpha value is -3.44. The van der Waals surface area contributed by atoms with Crippen LogP contribution < -0.4 is 0 Å². The van der Waals surface area contributed by atoms with E-state index in [9.17, 15) is 0 Å². The number of fused-ring (bicyclic) bond motifs is 8. The van der Waals surface area contributed by atoms with Crippen molar-refractivity contribution in [3.63, 3.8) is 0 Å². The van der Waals surface area contributed by atoms with E-state index in [-0.39, 0.29) is 0 Å². The molecule has 0 radical (unpaired) electrons. The highest BCUT2D eigenvalue weighted by Crippen LogP contribution is 2.31. The molecular weight excluding hydrogens is 480 g/mol. The van der Waals surface area contributed by atoms with E-state index in [0.717, 1.165) is 69.7 Å². The van der Waals surface area contributed by atoms with Gasteiger partial charge >= 0.3 is 0 Å². The van der Waals surface area contributed by atoms with Crippen molar-refractivity contribution in [2.45, 2.75) is 87.5 Å². The van der Waals surface area contributed by atoms with E-state index in [0.29, 0.717) is 12.5 Å². The van der Waals surface area contributed by atoms with Crippen molar-refractivity contribution in [3.8, 4) is 0 Å². The van der Waals surface area contributed by atoms with E-state index >= 15 is 0 Å². The molecule has 0 saturated carbocycles. The molecule has 0 fully saturated rings. The molecule has 5 nitrogen and oxygen atoms in total. The molecule has 208 valence electrons.